The summed E-state index contributed by atoms with van der Waals surface area (Å²) in [5.41, 5.74) is 2.95. The van der Waals surface area contributed by atoms with Crippen molar-refractivity contribution in [2.75, 3.05) is 19.5 Å². The lowest BCUT2D eigenvalue weighted by molar-refractivity contribution is 0.129. The third-order valence-electron chi connectivity index (χ3n) is 4.83. The quantitative estimate of drug-likeness (QED) is 0.486. The van der Waals surface area contributed by atoms with Crippen molar-refractivity contribution in [2.45, 2.75) is 12.6 Å². The summed E-state index contributed by atoms with van der Waals surface area (Å²) in [4.78, 5) is 9.60. The molecule has 0 bridgehead atoms. The highest BCUT2D eigenvalue weighted by Gasteiger charge is 2.19. The summed E-state index contributed by atoms with van der Waals surface area (Å²) >= 11 is 0. The van der Waals surface area contributed by atoms with E-state index >= 15 is 0 Å². The van der Waals surface area contributed by atoms with Gasteiger partial charge in [-0.25, -0.2) is 9.97 Å². The van der Waals surface area contributed by atoms with E-state index < -0.39 is 0 Å². The fourth-order valence-corrected chi connectivity index (χ4v) is 3.39. The number of ether oxygens (including phenoxy) is 2. The fourth-order valence-electron chi connectivity index (χ4n) is 3.39. The Balaban J connectivity index is 1.73. The molecular formula is C24H23N3O2. The second-order valence-corrected chi connectivity index (χ2v) is 6.64. The number of nitrogens with one attached hydrogen (secondary N) is 1. The van der Waals surface area contributed by atoms with E-state index in [0.29, 0.717) is 12.4 Å². The van der Waals surface area contributed by atoms with Crippen LogP contribution in [0.15, 0.2) is 78.9 Å². The molecule has 1 atom stereocenters. The molecule has 0 amide bonds. The minimum absolute atomic E-state index is 0.340. The van der Waals surface area contributed by atoms with Crippen molar-refractivity contribution in [3.05, 3.63) is 95.8 Å². The van der Waals surface area contributed by atoms with Crippen LogP contribution in [0.25, 0.3) is 10.9 Å². The number of anilines is 1. The summed E-state index contributed by atoms with van der Waals surface area (Å²) in [6.07, 6.45) is -0.340. The molecule has 3 aromatic carbocycles. The molecule has 0 aliphatic heterocycles. The minimum atomic E-state index is -0.340. The molecule has 0 radical (unpaired) electrons. The molecule has 146 valence electrons. The van der Waals surface area contributed by atoms with Gasteiger partial charge in [0.15, 0.2) is 5.82 Å². The van der Waals surface area contributed by atoms with E-state index in [9.17, 15) is 0 Å². The standard InChI is InChI=1S/C24H23N3O2/c1-28-21-15-9-6-12-18(21)16-25-23-19-13-7-8-14-20(19)26-24(27-23)22(29-2)17-10-4-3-5-11-17/h3-15,22H,16H2,1-2H3,(H,25,26,27). The molecule has 29 heavy (non-hydrogen) atoms. The second kappa shape index (κ2) is 8.71. The van der Waals surface area contributed by atoms with Gasteiger partial charge in [-0.05, 0) is 23.8 Å². The van der Waals surface area contributed by atoms with Gasteiger partial charge in [0.25, 0.3) is 0 Å². The van der Waals surface area contributed by atoms with Gasteiger partial charge in [0.2, 0.25) is 0 Å². The maximum atomic E-state index is 5.75. The molecule has 1 aromatic heterocycles. The largest absolute Gasteiger partial charge is 0.496 e. The Morgan fingerprint density at radius 3 is 2.34 bits per heavy atom. The first-order valence-electron chi connectivity index (χ1n) is 9.50. The Labute approximate surface area is 170 Å². The topological polar surface area (TPSA) is 56.3 Å². The van der Waals surface area contributed by atoms with Gasteiger partial charge in [-0.2, -0.15) is 0 Å². The molecule has 5 heteroatoms. The van der Waals surface area contributed by atoms with Gasteiger partial charge in [-0.15, -0.1) is 0 Å². The first-order chi connectivity index (χ1) is 14.3. The van der Waals surface area contributed by atoms with E-state index in [1.54, 1.807) is 14.2 Å². The van der Waals surface area contributed by atoms with Crippen molar-refractivity contribution in [1.82, 2.24) is 9.97 Å². The van der Waals surface area contributed by atoms with Crippen LogP contribution in [0.3, 0.4) is 0 Å². The number of fused-ring (bicyclic) bond motifs is 1. The van der Waals surface area contributed by atoms with E-state index in [1.165, 1.54) is 0 Å². The van der Waals surface area contributed by atoms with Crippen LogP contribution in [-0.4, -0.2) is 24.2 Å². The van der Waals surface area contributed by atoms with Crippen molar-refractivity contribution in [3.8, 4) is 5.75 Å². The first kappa shape index (κ1) is 18.9. The summed E-state index contributed by atoms with van der Waals surface area (Å²) in [5.74, 6) is 2.24. The maximum Gasteiger partial charge on any atom is 0.164 e. The third-order valence-corrected chi connectivity index (χ3v) is 4.83. The number of methoxy groups -OCH3 is 2. The Hall–Kier alpha value is -3.44. The molecule has 0 saturated heterocycles. The van der Waals surface area contributed by atoms with Crippen LogP contribution in [-0.2, 0) is 11.3 Å². The van der Waals surface area contributed by atoms with Crippen LogP contribution in [0.2, 0.25) is 0 Å². The van der Waals surface area contributed by atoms with Crippen LogP contribution in [0.1, 0.15) is 23.1 Å². The predicted molar refractivity (Wildman–Crippen MR) is 115 cm³/mol. The van der Waals surface area contributed by atoms with Gasteiger partial charge < -0.3 is 14.8 Å². The average molecular weight is 385 g/mol. The van der Waals surface area contributed by atoms with Gasteiger partial charge in [-0.1, -0.05) is 60.7 Å². The van der Waals surface area contributed by atoms with Crippen LogP contribution in [0, 0.1) is 0 Å². The predicted octanol–water partition coefficient (Wildman–Crippen LogP) is 4.99. The summed E-state index contributed by atoms with van der Waals surface area (Å²) < 4.78 is 11.2. The Morgan fingerprint density at radius 2 is 1.55 bits per heavy atom. The van der Waals surface area contributed by atoms with E-state index in [4.69, 9.17) is 19.4 Å². The highest BCUT2D eigenvalue weighted by molar-refractivity contribution is 5.89. The second-order valence-electron chi connectivity index (χ2n) is 6.64. The molecule has 0 aliphatic carbocycles. The van der Waals surface area contributed by atoms with E-state index in [-0.39, 0.29) is 6.10 Å². The molecule has 0 saturated carbocycles. The third kappa shape index (κ3) is 4.05. The van der Waals surface area contributed by atoms with Crippen molar-refractivity contribution in [1.29, 1.82) is 0 Å². The van der Waals surface area contributed by atoms with E-state index in [0.717, 1.165) is 33.6 Å². The number of hydrogen-bond donors (Lipinski definition) is 1. The maximum absolute atomic E-state index is 5.75. The Bertz CT molecular complexity index is 1100. The van der Waals surface area contributed by atoms with Gasteiger partial charge in [0, 0.05) is 24.6 Å². The van der Waals surface area contributed by atoms with Crippen LogP contribution in [0.5, 0.6) is 5.75 Å². The van der Waals surface area contributed by atoms with Gasteiger partial charge >= 0.3 is 0 Å². The van der Waals surface area contributed by atoms with Crippen molar-refractivity contribution in [3.63, 3.8) is 0 Å². The Kier molecular flexibility index (Phi) is 5.68. The van der Waals surface area contributed by atoms with Gasteiger partial charge in [0.1, 0.15) is 17.7 Å². The molecule has 4 rings (SSSR count). The molecule has 0 aliphatic rings. The SMILES string of the molecule is COc1ccccc1CNc1nc(C(OC)c2ccccc2)nc2ccccc12. The molecule has 0 fully saturated rings. The zero-order chi connectivity index (χ0) is 20.1. The lowest BCUT2D eigenvalue weighted by Crippen LogP contribution is -2.11. The summed E-state index contributed by atoms with van der Waals surface area (Å²) in [7, 11) is 3.36. The summed E-state index contributed by atoms with van der Waals surface area (Å²) in [5, 5.41) is 4.43. The zero-order valence-electron chi connectivity index (χ0n) is 16.5. The lowest BCUT2D eigenvalue weighted by atomic mass is 10.1. The normalized spacial score (nSPS) is 11.9. The summed E-state index contributed by atoms with van der Waals surface area (Å²) in [6.45, 7) is 0.591. The van der Waals surface area contributed by atoms with Crippen LogP contribution < -0.4 is 10.1 Å². The Morgan fingerprint density at radius 1 is 0.828 bits per heavy atom. The number of nitrogens with zero attached hydrogens (tertiary/aromatic N) is 2. The number of hydrogen-bond acceptors (Lipinski definition) is 5. The molecule has 1 unspecified atom stereocenters. The first-order valence-corrected chi connectivity index (χ1v) is 9.50. The van der Waals surface area contributed by atoms with Crippen LogP contribution in [0.4, 0.5) is 5.82 Å². The molecule has 4 aromatic rings. The number of para-hydroxylation sites is 2. The van der Waals surface area contributed by atoms with Crippen molar-refractivity contribution >= 4 is 16.7 Å². The molecule has 5 nitrogen and oxygen atoms in total. The monoisotopic (exact) mass is 385 g/mol. The lowest BCUT2D eigenvalue weighted by Gasteiger charge is -2.17. The highest BCUT2D eigenvalue weighted by atomic mass is 16.5. The smallest absolute Gasteiger partial charge is 0.164 e. The van der Waals surface area contributed by atoms with E-state index in [1.807, 2.05) is 78.9 Å². The molecule has 0 spiro atoms. The number of rotatable bonds is 7. The zero-order valence-corrected chi connectivity index (χ0v) is 16.5. The molecule has 1 N–H and O–H groups in total. The fraction of sp³-hybridized carbons (Fsp3) is 0.167. The van der Waals surface area contributed by atoms with E-state index in [2.05, 4.69) is 5.32 Å². The molecular weight excluding hydrogens is 362 g/mol. The van der Waals surface area contributed by atoms with Gasteiger partial charge in [0.05, 0.1) is 12.6 Å². The number of benzene rings is 3. The minimum Gasteiger partial charge on any atom is -0.496 e. The van der Waals surface area contributed by atoms with Crippen LogP contribution >= 0.6 is 0 Å². The van der Waals surface area contributed by atoms with Gasteiger partial charge in [-0.3, -0.25) is 0 Å². The highest BCUT2D eigenvalue weighted by Crippen LogP contribution is 2.28. The number of aromatic nitrogens is 2. The summed E-state index contributed by atoms with van der Waals surface area (Å²) in [6, 6.07) is 25.9. The van der Waals surface area contributed by atoms with Crippen molar-refractivity contribution in [2.24, 2.45) is 0 Å². The van der Waals surface area contributed by atoms with Crippen molar-refractivity contribution < 1.29 is 9.47 Å². The average Bonchev–Trinajstić information content (AvgIpc) is 2.79. The molecule has 1 heterocycles.